The second kappa shape index (κ2) is 11.0. The third-order valence-corrected chi connectivity index (χ3v) is 6.10. The Labute approximate surface area is 198 Å². The van der Waals surface area contributed by atoms with Gasteiger partial charge >= 0.3 is 5.69 Å². The first-order valence-electron chi connectivity index (χ1n) is 11.4. The average Bonchev–Trinajstić information content (AvgIpc) is 3.25. The molecule has 1 aliphatic heterocycles. The van der Waals surface area contributed by atoms with Crippen molar-refractivity contribution in [1.29, 1.82) is 0 Å². The Morgan fingerprint density at radius 2 is 2.06 bits per heavy atom. The van der Waals surface area contributed by atoms with Crippen molar-refractivity contribution in [3.63, 3.8) is 0 Å². The third kappa shape index (κ3) is 5.85. The number of hydrazine groups is 1. The minimum absolute atomic E-state index is 0.0200. The molecule has 0 radical (unpaired) electrons. The summed E-state index contributed by atoms with van der Waals surface area (Å²) in [5.41, 5.74) is 12.3. The summed E-state index contributed by atoms with van der Waals surface area (Å²) in [6, 6.07) is 6.78. The number of unbranched alkanes of at least 4 members (excludes halogenated alkanes) is 1. The summed E-state index contributed by atoms with van der Waals surface area (Å²) in [6.07, 6.45) is 2.74. The van der Waals surface area contributed by atoms with Crippen LogP contribution >= 0.6 is 11.6 Å². The molecule has 33 heavy (non-hydrogen) atoms. The molecule has 0 aliphatic carbocycles. The topological polar surface area (TPSA) is 125 Å². The number of anilines is 2. The number of aromatic nitrogens is 2. The summed E-state index contributed by atoms with van der Waals surface area (Å²) in [5, 5.41) is 0.622. The fourth-order valence-corrected chi connectivity index (χ4v) is 4.14. The molecule has 2 heterocycles. The van der Waals surface area contributed by atoms with E-state index in [2.05, 4.69) is 15.8 Å². The second-order valence-corrected chi connectivity index (χ2v) is 9.29. The van der Waals surface area contributed by atoms with Gasteiger partial charge in [-0.05, 0) is 42.9 Å². The maximum atomic E-state index is 13.6. The molecular formula is C23H33ClN6O3. The molecule has 1 aliphatic rings. The molecule has 5 N–H and O–H groups in total. The third-order valence-electron chi connectivity index (χ3n) is 5.87. The SMILES string of the molecule is CCCCn1c(N)c(N(CCC(C)C)C(=O)C2CC(c3cccc(Cl)c3)NN2)c(=O)[nH]c1=O. The van der Waals surface area contributed by atoms with Crippen LogP contribution in [0.25, 0.3) is 0 Å². The molecule has 1 aromatic carbocycles. The number of nitrogens with one attached hydrogen (secondary N) is 3. The molecule has 1 aromatic heterocycles. The molecule has 0 spiro atoms. The first-order valence-corrected chi connectivity index (χ1v) is 11.8. The van der Waals surface area contributed by atoms with Crippen LogP contribution < -0.4 is 32.7 Å². The van der Waals surface area contributed by atoms with Crippen LogP contribution in [0.5, 0.6) is 0 Å². The van der Waals surface area contributed by atoms with Gasteiger partial charge in [-0.15, -0.1) is 0 Å². The number of nitrogens with zero attached hydrogens (tertiary/aromatic N) is 2. The molecule has 0 saturated carbocycles. The van der Waals surface area contributed by atoms with Crippen LogP contribution in [0.1, 0.15) is 58.1 Å². The summed E-state index contributed by atoms with van der Waals surface area (Å²) in [5.74, 6) is 0.0534. The number of nitrogens with two attached hydrogens (primary N) is 1. The van der Waals surface area contributed by atoms with E-state index in [1.54, 1.807) is 6.07 Å². The second-order valence-electron chi connectivity index (χ2n) is 8.86. The van der Waals surface area contributed by atoms with Crippen molar-refractivity contribution >= 4 is 29.0 Å². The van der Waals surface area contributed by atoms with E-state index in [-0.39, 0.29) is 23.5 Å². The van der Waals surface area contributed by atoms with Crippen LogP contribution in [0.4, 0.5) is 11.5 Å². The van der Waals surface area contributed by atoms with Crippen LogP contribution in [-0.4, -0.2) is 28.0 Å². The van der Waals surface area contributed by atoms with Gasteiger partial charge in [0.05, 0.1) is 0 Å². The Hall–Kier alpha value is -2.62. The van der Waals surface area contributed by atoms with Gasteiger partial charge in [0.2, 0.25) is 5.91 Å². The first kappa shape index (κ1) is 25.0. The number of nitrogen functional groups attached to an aromatic ring is 1. The largest absolute Gasteiger partial charge is 0.383 e. The number of amides is 1. The molecule has 2 unspecified atom stereocenters. The van der Waals surface area contributed by atoms with E-state index in [0.29, 0.717) is 36.9 Å². The van der Waals surface area contributed by atoms with Gasteiger partial charge < -0.3 is 10.6 Å². The summed E-state index contributed by atoms with van der Waals surface area (Å²) in [7, 11) is 0. The van der Waals surface area contributed by atoms with Crippen molar-refractivity contribution in [2.24, 2.45) is 5.92 Å². The maximum Gasteiger partial charge on any atom is 0.330 e. The maximum absolute atomic E-state index is 13.6. The van der Waals surface area contributed by atoms with Gasteiger partial charge in [-0.3, -0.25) is 19.1 Å². The van der Waals surface area contributed by atoms with Gasteiger partial charge in [0.1, 0.15) is 11.9 Å². The highest BCUT2D eigenvalue weighted by atomic mass is 35.5. The summed E-state index contributed by atoms with van der Waals surface area (Å²) < 4.78 is 1.34. The number of hydrogen-bond donors (Lipinski definition) is 4. The number of H-pyrrole nitrogens is 1. The number of benzene rings is 1. The fourth-order valence-electron chi connectivity index (χ4n) is 3.94. The lowest BCUT2D eigenvalue weighted by molar-refractivity contribution is -0.120. The van der Waals surface area contributed by atoms with Crippen molar-refractivity contribution in [3.8, 4) is 0 Å². The van der Waals surface area contributed by atoms with Crippen LogP contribution in [0.2, 0.25) is 5.02 Å². The predicted molar refractivity (Wildman–Crippen MR) is 131 cm³/mol. The molecule has 180 valence electrons. The number of rotatable bonds is 9. The van der Waals surface area contributed by atoms with Gasteiger partial charge in [-0.25, -0.2) is 15.6 Å². The number of carbonyl (C=O) groups is 1. The van der Waals surface area contributed by atoms with E-state index in [4.69, 9.17) is 17.3 Å². The molecule has 1 amide bonds. The van der Waals surface area contributed by atoms with Crippen LogP contribution in [-0.2, 0) is 11.3 Å². The Balaban J connectivity index is 1.93. The highest BCUT2D eigenvalue weighted by Gasteiger charge is 2.35. The first-order chi connectivity index (χ1) is 15.7. The number of hydrogen-bond acceptors (Lipinski definition) is 6. The minimum atomic E-state index is -0.653. The highest BCUT2D eigenvalue weighted by Crippen LogP contribution is 2.27. The van der Waals surface area contributed by atoms with Gasteiger partial charge in [0.15, 0.2) is 5.69 Å². The number of halogens is 1. The monoisotopic (exact) mass is 476 g/mol. The zero-order valence-corrected chi connectivity index (χ0v) is 20.1. The minimum Gasteiger partial charge on any atom is -0.383 e. The van der Waals surface area contributed by atoms with E-state index in [0.717, 1.165) is 18.4 Å². The van der Waals surface area contributed by atoms with Crippen molar-refractivity contribution in [2.75, 3.05) is 17.2 Å². The zero-order valence-electron chi connectivity index (χ0n) is 19.4. The predicted octanol–water partition coefficient (Wildman–Crippen LogP) is 2.56. The number of aromatic amines is 1. The quantitative estimate of drug-likeness (QED) is 0.440. The Morgan fingerprint density at radius 3 is 2.73 bits per heavy atom. The molecule has 1 saturated heterocycles. The van der Waals surface area contributed by atoms with Crippen LogP contribution in [0.15, 0.2) is 33.9 Å². The van der Waals surface area contributed by atoms with E-state index < -0.39 is 17.3 Å². The Morgan fingerprint density at radius 1 is 1.30 bits per heavy atom. The van der Waals surface area contributed by atoms with E-state index in [1.165, 1.54) is 9.47 Å². The Kier molecular flexibility index (Phi) is 8.34. The van der Waals surface area contributed by atoms with Gasteiger partial charge in [0.25, 0.3) is 5.56 Å². The van der Waals surface area contributed by atoms with E-state index in [1.807, 2.05) is 39.0 Å². The van der Waals surface area contributed by atoms with Crippen molar-refractivity contribution in [1.82, 2.24) is 20.4 Å². The molecule has 1 fully saturated rings. The lowest BCUT2D eigenvalue weighted by atomic mass is 10.0. The zero-order chi connectivity index (χ0) is 24.1. The Bertz CT molecular complexity index is 1100. The fraction of sp³-hybridized carbons (Fsp3) is 0.522. The van der Waals surface area contributed by atoms with Crippen LogP contribution in [0.3, 0.4) is 0 Å². The van der Waals surface area contributed by atoms with Gasteiger partial charge in [0, 0.05) is 24.2 Å². The average molecular weight is 477 g/mol. The van der Waals surface area contributed by atoms with Crippen molar-refractivity contribution in [2.45, 2.75) is 65.1 Å². The summed E-state index contributed by atoms with van der Waals surface area (Å²) in [4.78, 5) is 42.6. The van der Waals surface area contributed by atoms with E-state index in [9.17, 15) is 14.4 Å². The molecule has 2 atom stereocenters. The van der Waals surface area contributed by atoms with Gasteiger partial charge in [-0.2, -0.15) is 0 Å². The van der Waals surface area contributed by atoms with E-state index >= 15 is 0 Å². The van der Waals surface area contributed by atoms with Crippen molar-refractivity contribution in [3.05, 3.63) is 55.7 Å². The highest BCUT2D eigenvalue weighted by molar-refractivity contribution is 6.30. The van der Waals surface area contributed by atoms with Gasteiger partial charge in [-0.1, -0.05) is 50.9 Å². The lowest BCUT2D eigenvalue weighted by Gasteiger charge is -2.27. The summed E-state index contributed by atoms with van der Waals surface area (Å²) >= 11 is 6.12. The standard InChI is InChI=1S/C23H33ClN6O3/c1-4-5-10-30-20(25)19(21(31)26-23(30)33)29(11-9-14(2)3)22(32)18-13-17(27-28-18)15-7-6-8-16(24)12-15/h6-8,12,14,17-18,27-28H,4-5,9-11,13,25H2,1-3H3,(H,26,31,33). The smallest absolute Gasteiger partial charge is 0.330 e. The van der Waals surface area contributed by atoms with Crippen molar-refractivity contribution < 1.29 is 4.79 Å². The number of carbonyl (C=O) groups excluding carboxylic acids is 1. The molecule has 2 aromatic rings. The molecule has 3 rings (SSSR count). The molecule has 9 nitrogen and oxygen atoms in total. The molecule has 0 bridgehead atoms. The molecular weight excluding hydrogens is 444 g/mol. The molecule has 10 heteroatoms. The summed E-state index contributed by atoms with van der Waals surface area (Å²) in [6.45, 7) is 6.78. The lowest BCUT2D eigenvalue weighted by Crippen LogP contribution is -2.49. The normalized spacial score (nSPS) is 18.1. The van der Waals surface area contributed by atoms with Crippen LogP contribution in [0, 0.1) is 5.92 Å².